The van der Waals surface area contributed by atoms with Gasteiger partial charge in [0.1, 0.15) is 18.5 Å². The van der Waals surface area contributed by atoms with Crippen molar-refractivity contribution in [1.29, 1.82) is 0 Å². The number of hydrogen-bond acceptors (Lipinski definition) is 3. The summed E-state index contributed by atoms with van der Waals surface area (Å²) in [5, 5.41) is 13.3. The van der Waals surface area contributed by atoms with E-state index in [1.807, 2.05) is 31.2 Å². The lowest BCUT2D eigenvalue weighted by Crippen LogP contribution is -2.34. The Morgan fingerprint density at radius 3 is 2.71 bits per heavy atom. The van der Waals surface area contributed by atoms with Crippen LogP contribution in [-0.2, 0) is 0 Å². The molecule has 0 bridgehead atoms. The fraction of sp³-hybridized carbons (Fsp3) is 0.667. The maximum atomic E-state index is 9.95. The van der Waals surface area contributed by atoms with Gasteiger partial charge in [0.2, 0.25) is 0 Å². The molecule has 0 saturated carbocycles. The highest BCUT2D eigenvalue weighted by Crippen LogP contribution is 2.13. The van der Waals surface area contributed by atoms with Crippen LogP contribution in [0.2, 0.25) is 0 Å². The average Bonchev–Trinajstić information content (AvgIpc) is 2.48. The van der Waals surface area contributed by atoms with Gasteiger partial charge in [0.05, 0.1) is 0 Å². The smallest absolute Gasteiger partial charge is 0.119 e. The van der Waals surface area contributed by atoms with Crippen molar-refractivity contribution in [1.82, 2.24) is 5.32 Å². The monoisotopic (exact) mass is 293 g/mol. The van der Waals surface area contributed by atoms with E-state index in [-0.39, 0.29) is 0 Å². The van der Waals surface area contributed by atoms with Crippen LogP contribution >= 0.6 is 0 Å². The quantitative estimate of drug-likeness (QED) is 0.655. The van der Waals surface area contributed by atoms with Crippen LogP contribution in [0.25, 0.3) is 0 Å². The van der Waals surface area contributed by atoms with Crippen LogP contribution in [0.3, 0.4) is 0 Å². The Labute approximate surface area is 129 Å². The molecule has 0 fully saturated rings. The van der Waals surface area contributed by atoms with E-state index in [9.17, 15) is 5.11 Å². The highest BCUT2D eigenvalue weighted by molar-refractivity contribution is 5.27. The third kappa shape index (κ3) is 8.08. The van der Waals surface area contributed by atoms with Crippen molar-refractivity contribution in [3.63, 3.8) is 0 Å². The molecule has 0 saturated heterocycles. The summed E-state index contributed by atoms with van der Waals surface area (Å²) >= 11 is 0. The SMILES string of the molecule is CCCCC(CC)CNCC(O)COc1cccc(C)c1. The first-order chi connectivity index (χ1) is 10.2. The fourth-order valence-electron chi connectivity index (χ4n) is 2.35. The third-order valence-electron chi connectivity index (χ3n) is 3.79. The number of benzene rings is 1. The highest BCUT2D eigenvalue weighted by Gasteiger charge is 2.08. The van der Waals surface area contributed by atoms with Gasteiger partial charge in [-0.15, -0.1) is 0 Å². The van der Waals surface area contributed by atoms with Gasteiger partial charge >= 0.3 is 0 Å². The summed E-state index contributed by atoms with van der Waals surface area (Å²) in [6.45, 7) is 8.41. The van der Waals surface area contributed by atoms with Gasteiger partial charge in [0.25, 0.3) is 0 Å². The number of aliphatic hydroxyl groups is 1. The molecular formula is C18H31NO2. The molecule has 0 radical (unpaired) electrons. The zero-order valence-electron chi connectivity index (χ0n) is 13.8. The first kappa shape index (κ1) is 18.0. The second kappa shape index (κ2) is 10.6. The topological polar surface area (TPSA) is 41.5 Å². The molecule has 0 aliphatic carbocycles. The summed E-state index contributed by atoms with van der Waals surface area (Å²) in [4.78, 5) is 0. The van der Waals surface area contributed by atoms with Crippen molar-refractivity contribution in [3.8, 4) is 5.75 Å². The number of aliphatic hydroxyl groups excluding tert-OH is 1. The van der Waals surface area contributed by atoms with Crippen molar-refractivity contribution in [3.05, 3.63) is 29.8 Å². The van der Waals surface area contributed by atoms with Crippen molar-refractivity contribution in [2.24, 2.45) is 5.92 Å². The Morgan fingerprint density at radius 2 is 2.05 bits per heavy atom. The number of hydrogen-bond donors (Lipinski definition) is 2. The molecule has 2 atom stereocenters. The van der Waals surface area contributed by atoms with Crippen molar-refractivity contribution < 1.29 is 9.84 Å². The van der Waals surface area contributed by atoms with Gasteiger partial charge in [-0.1, -0.05) is 45.2 Å². The second-order valence-electron chi connectivity index (χ2n) is 5.86. The van der Waals surface area contributed by atoms with E-state index in [0.29, 0.717) is 13.2 Å². The molecule has 21 heavy (non-hydrogen) atoms. The zero-order chi connectivity index (χ0) is 15.5. The summed E-state index contributed by atoms with van der Waals surface area (Å²) in [6.07, 6.45) is 4.55. The molecule has 0 spiro atoms. The van der Waals surface area contributed by atoms with E-state index in [2.05, 4.69) is 19.2 Å². The lowest BCUT2D eigenvalue weighted by atomic mass is 9.99. The summed E-state index contributed by atoms with van der Waals surface area (Å²) in [5.41, 5.74) is 1.17. The standard InChI is InChI=1S/C18H31NO2/c1-4-6-9-16(5-2)12-19-13-17(20)14-21-18-10-7-8-15(3)11-18/h7-8,10-11,16-17,19-20H,4-6,9,12-14H2,1-3H3. The number of nitrogens with one attached hydrogen (secondary N) is 1. The molecule has 3 nitrogen and oxygen atoms in total. The lowest BCUT2D eigenvalue weighted by Gasteiger charge is -2.18. The van der Waals surface area contributed by atoms with Gasteiger partial charge in [-0.25, -0.2) is 0 Å². The minimum absolute atomic E-state index is 0.336. The van der Waals surface area contributed by atoms with Gasteiger partial charge in [0.15, 0.2) is 0 Å². The van der Waals surface area contributed by atoms with Crippen LogP contribution < -0.4 is 10.1 Å². The zero-order valence-corrected chi connectivity index (χ0v) is 13.8. The maximum Gasteiger partial charge on any atom is 0.119 e. The molecule has 0 heterocycles. The van der Waals surface area contributed by atoms with Crippen molar-refractivity contribution in [2.45, 2.75) is 52.6 Å². The third-order valence-corrected chi connectivity index (χ3v) is 3.79. The number of ether oxygens (including phenoxy) is 1. The van der Waals surface area contributed by atoms with Crippen molar-refractivity contribution in [2.75, 3.05) is 19.7 Å². The molecule has 120 valence electrons. The van der Waals surface area contributed by atoms with E-state index in [1.165, 1.54) is 31.2 Å². The Morgan fingerprint density at radius 1 is 1.24 bits per heavy atom. The molecule has 0 amide bonds. The van der Waals surface area contributed by atoms with Crippen LogP contribution in [0.1, 0.15) is 45.1 Å². The summed E-state index contributed by atoms with van der Waals surface area (Å²) in [5.74, 6) is 1.54. The largest absolute Gasteiger partial charge is 0.491 e. The number of aryl methyl sites for hydroxylation is 1. The van der Waals surface area contributed by atoms with Crippen LogP contribution in [-0.4, -0.2) is 30.9 Å². The maximum absolute atomic E-state index is 9.95. The number of unbranched alkanes of at least 4 members (excludes halogenated alkanes) is 1. The normalized spacial score (nSPS) is 13.9. The number of rotatable bonds is 11. The van der Waals surface area contributed by atoms with Crippen LogP contribution in [0.15, 0.2) is 24.3 Å². The molecule has 2 N–H and O–H groups in total. The van der Waals surface area contributed by atoms with E-state index in [1.54, 1.807) is 0 Å². The molecule has 0 aliphatic heterocycles. The minimum atomic E-state index is -0.464. The van der Waals surface area contributed by atoms with Crippen molar-refractivity contribution >= 4 is 0 Å². The van der Waals surface area contributed by atoms with E-state index in [4.69, 9.17) is 4.74 Å². The van der Waals surface area contributed by atoms with Gasteiger partial charge in [-0.2, -0.15) is 0 Å². The first-order valence-corrected chi connectivity index (χ1v) is 8.23. The van der Waals surface area contributed by atoms with E-state index < -0.39 is 6.10 Å². The molecular weight excluding hydrogens is 262 g/mol. The minimum Gasteiger partial charge on any atom is -0.491 e. The van der Waals surface area contributed by atoms with Crippen LogP contribution in [0.4, 0.5) is 0 Å². The first-order valence-electron chi connectivity index (χ1n) is 8.23. The Hall–Kier alpha value is -1.06. The van der Waals surface area contributed by atoms with Gasteiger partial charge < -0.3 is 15.2 Å². The van der Waals surface area contributed by atoms with Gasteiger partial charge in [0, 0.05) is 6.54 Å². The highest BCUT2D eigenvalue weighted by atomic mass is 16.5. The molecule has 3 heteroatoms. The molecule has 1 rings (SSSR count). The van der Waals surface area contributed by atoms with Crippen LogP contribution in [0.5, 0.6) is 5.75 Å². The predicted octanol–water partition coefficient (Wildman–Crippen LogP) is 3.54. The lowest BCUT2D eigenvalue weighted by molar-refractivity contribution is 0.105. The second-order valence-corrected chi connectivity index (χ2v) is 5.86. The Balaban J connectivity index is 2.17. The summed E-state index contributed by atoms with van der Waals surface area (Å²) < 4.78 is 5.61. The summed E-state index contributed by atoms with van der Waals surface area (Å²) in [7, 11) is 0. The van der Waals surface area contributed by atoms with Gasteiger partial charge in [-0.3, -0.25) is 0 Å². The summed E-state index contributed by atoms with van der Waals surface area (Å²) in [6, 6.07) is 7.91. The van der Waals surface area contributed by atoms with E-state index >= 15 is 0 Å². The average molecular weight is 293 g/mol. The molecule has 1 aromatic carbocycles. The molecule has 2 unspecified atom stereocenters. The molecule has 0 aromatic heterocycles. The molecule has 1 aromatic rings. The Bertz CT molecular complexity index is 381. The Kier molecular flexibility index (Phi) is 9.11. The van der Waals surface area contributed by atoms with Gasteiger partial charge in [-0.05, 0) is 43.5 Å². The van der Waals surface area contributed by atoms with Crippen LogP contribution in [0, 0.1) is 12.8 Å². The predicted molar refractivity (Wildman–Crippen MR) is 88.9 cm³/mol. The van der Waals surface area contributed by atoms with E-state index in [0.717, 1.165) is 18.2 Å². The fourth-order valence-corrected chi connectivity index (χ4v) is 2.35. The molecule has 0 aliphatic rings.